The molecule has 2 aliphatic rings. The van der Waals surface area contributed by atoms with Crippen LogP contribution in [-0.4, -0.2) is 50.5 Å². The van der Waals surface area contributed by atoms with Gasteiger partial charge < -0.3 is 19.9 Å². The lowest BCUT2D eigenvalue weighted by atomic mass is 10.0. The quantitative estimate of drug-likeness (QED) is 0.916. The molecule has 0 aromatic heterocycles. The highest BCUT2D eigenvalue weighted by atomic mass is 16.5. The number of hydrogen-bond acceptors (Lipinski definition) is 5. The van der Waals surface area contributed by atoms with Crippen molar-refractivity contribution >= 4 is 0 Å². The molecule has 3 rings (SSSR count). The zero-order valence-electron chi connectivity index (χ0n) is 12.6. The molecule has 2 aliphatic heterocycles. The highest BCUT2D eigenvalue weighted by Gasteiger charge is 2.25. The molecule has 2 heterocycles. The summed E-state index contributed by atoms with van der Waals surface area (Å²) in [7, 11) is 0. The van der Waals surface area contributed by atoms with Crippen LogP contribution in [0.2, 0.25) is 0 Å². The topological polar surface area (TPSA) is 57.0 Å². The lowest BCUT2D eigenvalue weighted by Crippen LogP contribution is -2.46. The monoisotopic (exact) mass is 292 g/mol. The van der Waals surface area contributed by atoms with Gasteiger partial charge in [-0.25, -0.2) is 0 Å². The van der Waals surface area contributed by atoms with Crippen molar-refractivity contribution < 1.29 is 14.2 Å². The maximum absolute atomic E-state index is 5.78. The Labute approximate surface area is 126 Å². The van der Waals surface area contributed by atoms with Crippen molar-refractivity contribution in [2.75, 3.05) is 39.5 Å². The standard InChI is InChI=1S/C16H24N2O3/c1-12(18-5-8-19-14(10-17)11-18)13-3-4-15-16(9-13)21-7-2-6-20-15/h3-4,9,12,14H,2,5-8,10-11,17H2,1H3. The van der Waals surface area contributed by atoms with Crippen molar-refractivity contribution in [3.05, 3.63) is 23.8 Å². The van der Waals surface area contributed by atoms with E-state index in [2.05, 4.69) is 24.0 Å². The number of ether oxygens (including phenoxy) is 3. The maximum Gasteiger partial charge on any atom is 0.161 e. The molecule has 2 atom stereocenters. The van der Waals surface area contributed by atoms with Crippen molar-refractivity contribution in [2.45, 2.75) is 25.5 Å². The molecule has 0 aliphatic carbocycles. The summed E-state index contributed by atoms with van der Waals surface area (Å²) in [6, 6.07) is 6.58. The zero-order valence-corrected chi connectivity index (χ0v) is 12.6. The van der Waals surface area contributed by atoms with Gasteiger partial charge in [-0.2, -0.15) is 0 Å². The fourth-order valence-corrected chi connectivity index (χ4v) is 2.89. The van der Waals surface area contributed by atoms with Gasteiger partial charge in [0.05, 0.1) is 25.9 Å². The molecule has 0 amide bonds. The summed E-state index contributed by atoms with van der Waals surface area (Å²) in [5.74, 6) is 1.71. The molecule has 2 unspecified atom stereocenters. The Bertz CT molecular complexity index is 481. The number of rotatable bonds is 3. The second-order valence-electron chi connectivity index (χ2n) is 5.66. The van der Waals surface area contributed by atoms with Crippen molar-refractivity contribution in [1.82, 2.24) is 4.90 Å². The predicted octanol–water partition coefficient (Wildman–Crippen LogP) is 1.57. The fraction of sp³-hybridized carbons (Fsp3) is 0.625. The number of benzene rings is 1. The Hall–Kier alpha value is -1.30. The number of nitrogens with two attached hydrogens (primary N) is 1. The molecule has 116 valence electrons. The van der Waals surface area contributed by atoms with Crippen LogP contribution < -0.4 is 15.2 Å². The Morgan fingerprint density at radius 3 is 2.86 bits per heavy atom. The van der Waals surface area contributed by atoms with E-state index in [1.54, 1.807) is 0 Å². The molecular formula is C16H24N2O3. The molecule has 5 nitrogen and oxygen atoms in total. The predicted molar refractivity (Wildman–Crippen MR) is 80.8 cm³/mol. The Kier molecular flexibility index (Phi) is 4.63. The Morgan fingerprint density at radius 1 is 1.24 bits per heavy atom. The molecule has 0 spiro atoms. The molecule has 1 fully saturated rings. The van der Waals surface area contributed by atoms with Gasteiger partial charge in [-0.1, -0.05) is 6.07 Å². The summed E-state index contributed by atoms with van der Waals surface area (Å²) < 4.78 is 17.1. The third kappa shape index (κ3) is 3.31. The van der Waals surface area contributed by atoms with Crippen molar-refractivity contribution in [3.63, 3.8) is 0 Å². The van der Waals surface area contributed by atoms with E-state index in [9.17, 15) is 0 Å². The van der Waals surface area contributed by atoms with E-state index in [1.165, 1.54) is 5.56 Å². The maximum atomic E-state index is 5.78. The Morgan fingerprint density at radius 2 is 2.05 bits per heavy atom. The fourth-order valence-electron chi connectivity index (χ4n) is 2.89. The van der Waals surface area contributed by atoms with Gasteiger partial charge in [0.1, 0.15) is 0 Å². The minimum Gasteiger partial charge on any atom is -0.490 e. The average molecular weight is 292 g/mol. The van der Waals surface area contributed by atoms with E-state index in [1.807, 2.05) is 6.07 Å². The molecule has 1 aromatic carbocycles. The lowest BCUT2D eigenvalue weighted by Gasteiger charge is -2.36. The van der Waals surface area contributed by atoms with Crippen LogP contribution in [0.1, 0.15) is 24.9 Å². The normalized spacial score (nSPS) is 24.4. The highest BCUT2D eigenvalue weighted by molar-refractivity contribution is 5.44. The molecule has 21 heavy (non-hydrogen) atoms. The largest absolute Gasteiger partial charge is 0.490 e. The zero-order chi connectivity index (χ0) is 14.7. The summed E-state index contributed by atoms with van der Waals surface area (Å²) in [4.78, 5) is 2.42. The van der Waals surface area contributed by atoms with Crippen LogP contribution >= 0.6 is 0 Å². The smallest absolute Gasteiger partial charge is 0.161 e. The molecule has 0 radical (unpaired) electrons. The van der Waals surface area contributed by atoms with Gasteiger partial charge in [0.2, 0.25) is 0 Å². The minimum atomic E-state index is 0.140. The van der Waals surface area contributed by atoms with Crippen LogP contribution in [0, 0.1) is 0 Å². The second-order valence-corrected chi connectivity index (χ2v) is 5.66. The first-order chi connectivity index (χ1) is 10.3. The van der Waals surface area contributed by atoms with Crippen molar-refractivity contribution in [2.24, 2.45) is 5.73 Å². The van der Waals surface area contributed by atoms with Gasteiger partial charge in [0, 0.05) is 32.1 Å². The first-order valence-electron chi connectivity index (χ1n) is 7.73. The van der Waals surface area contributed by atoms with E-state index in [0.29, 0.717) is 12.6 Å². The summed E-state index contributed by atoms with van der Waals surface area (Å²) in [5, 5.41) is 0. The van der Waals surface area contributed by atoms with Crippen molar-refractivity contribution in [3.8, 4) is 11.5 Å². The molecule has 1 aromatic rings. The van der Waals surface area contributed by atoms with E-state index in [0.717, 1.165) is 50.8 Å². The van der Waals surface area contributed by atoms with E-state index in [4.69, 9.17) is 19.9 Å². The van der Waals surface area contributed by atoms with Gasteiger partial charge >= 0.3 is 0 Å². The van der Waals surface area contributed by atoms with Gasteiger partial charge in [-0.3, -0.25) is 4.90 Å². The first-order valence-corrected chi connectivity index (χ1v) is 7.73. The third-order valence-corrected chi connectivity index (χ3v) is 4.23. The van der Waals surface area contributed by atoms with Crippen molar-refractivity contribution in [1.29, 1.82) is 0 Å². The molecule has 0 bridgehead atoms. The van der Waals surface area contributed by atoms with Crippen LogP contribution in [0.3, 0.4) is 0 Å². The lowest BCUT2D eigenvalue weighted by molar-refractivity contribution is -0.0364. The molecule has 5 heteroatoms. The van der Waals surface area contributed by atoms with Gasteiger partial charge in [-0.05, 0) is 24.6 Å². The third-order valence-electron chi connectivity index (χ3n) is 4.23. The number of nitrogens with zero attached hydrogens (tertiary/aromatic N) is 1. The van der Waals surface area contributed by atoms with Crippen LogP contribution in [-0.2, 0) is 4.74 Å². The van der Waals surface area contributed by atoms with E-state index >= 15 is 0 Å². The first kappa shape index (κ1) is 14.6. The average Bonchev–Trinajstić information content (AvgIpc) is 2.78. The Balaban J connectivity index is 1.75. The molecule has 1 saturated heterocycles. The number of morpholine rings is 1. The number of fused-ring (bicyclic) bond motifs is 1. The van der Waals surface area contributed by atoms with Crippen LogP contribution in [0.4, 0.5) is 0 Å². The summed E-state index contributed by atoms with van der Waals surface area (Å²) >= 11 is 0. The number of hydrogen-bond donors (Lipinski definition) is 1. The van der Waals surface area contributed by atoms with Gasteiger partial charge in [0.25, 0.3) is 0 Å². The second kappa shape index (κ2) is 6.64. The summed E-state index contributed by atoms with van der Waals surface area (Å²) in [5.41, 5.74) is 6.97. The van der Waals surface area contributed by atoms with Crippen LogP contribution in [0.25, 0.3) is 0 Å². The molecule has 0 saturated carbocycles. The SMILES string of the molecule is CC(c1ccc2c(c1)OCCCO2)N1CCOC(CN)C1. The van der Waals surface area contributed by atoms with E-state index in [-0.39, 0.29) is 6.10 Å². The summed E-state index contributed by atoms with van der Waals surface area (Å²) in [6.45, 7) is 6.80. The van der Waals surface area contributed by atoms with E-state index < -0.39 is 0 Å². The minimum absolute atomic E-state index is 0.140. The van der Waals surface area contributed by atoms with Crippen LogP contribution in [0.5, 0.6) is 11.5 Å². The highest BCUT2D eigenvalue weighted by Crippen LogP contribution is 2.34. The molecule has 2 N–H and O–H groups in total. The molecular weight excluding hydrogens is 268 g/mol. The van der Waals surface area contributed by atoms with Gasteiger partial charge in [-0.15, -0.1) is 0 Å². The summed E-state index contributed by atoms with van der Waals surface area (Å²) in [6.07, 6.45) is 1.07. The van der Waals surface area contributed by atoms with Crippen LogP contribution in [0.15, 0.2) is 18.2 Å². The van der Waals surface area contributed by atoms with Gasteiger partial charge in [0.15, 0.2) is 11.5 Å².